The van der Waals surface area contributed by atoms with Crippen LogP contribution in [0.1, 0.15) is 20.3 Å². The summed E-state index contributed by atoms with van der Waals surface area (Å²) in [7, 11) is 0. The zero-order chi connectivity index (χ0) is 18.9. The van der Waals surface area contributed by atoms with E-state index in [1.54, 1.807) is 32.0 Å². The first kappa shape index (κ1) is 19.7. The Kier molecular flexibility index (Phi) is 7.35. The van der Waals surface area contributed by atoms with Crippen molar-refractivity contribution in [3.8, 4) is 5.75 Å². The van der Waals surface area contributed by atoms with Gasteiger partial charge in [-0.2, -0.15) is 5.10 Å². The highest BCUT2D eigenvalue weighted by Gasteiger charge is 2.15. The number of anilines is 1. The van der Waals surface area contributed by atoms with Crippen molar-refractivity contribution in [1.29, 1.82) is 0 Å². The molecule has 6 nitrogen and oxygen atoms in total. The number of benzene rings is 2. The van der Waals surface area contributed by atoms with Gasteiger partial charge in [-0.1, -0.05) is 30.3 Å². The largest absolute Gasteiger partial charge is 0.480 e. The Bertz CT molecular complexity index is 794. The Balaban J connectivity index is 1.82. The maximum atomic E-state index is 12.1. The van der Waals surface area contributed by atoms with E-state index in [2.05, 4.69) is 31.8 Å². The van der Waals surface area contributed by atoms with E-state index in [1.807, 2.05) is 36.4 Å². The smallest absolute Gasteiger partial charge is 0.280 e. The molecule has 136 valence electrons. The number of halogens is 1. The predicted molar refractivity (Wildman–Crippen MR) is 105 cm³/mol. The third-order valence-corrected chi connectivity index (χ3v) is 4.00. The van der Waals surface area contributed by atoms with Crippen LogP contribution >= 0.6 is 15.9 Å². The molecule has 0 saturated carbocycles. The van der Waals surface area contributed by atoms with E-state index in [-0.39, 0.29) is 12.3 Å². The Morgan fingerprint density at radius 1 is 1.12 bits per heavy atom. The van der Waals surface area contributed by atoms with Crippen LogP contribution in [-0.2, 0) is 9.59 Å². The van der Waals surface area contributed by atoms with E-state index < -0.39 is 12.0 Å². The van der Waals surface area contributed by atoms with Gasteiger partial charge in [0.1, 0.15) is 5.75 Å². The van der Waals surface area contributed by atoms with Gasteiger partial charge in [0.25, 0.3) is 5.91 Å². The lowest BCUT2D eigenvalue weighted by Gasteiger charge is -2.14. The molecule has 2 aromatic carbocycles. The summed E-state index contributed by atoms with van der Waals surface area (Å²) in [5.74, 6) is -0.0362. The molecular weight excluding hydrogens is 398 g/mol. The molecule has 2 N–H and O–H groups in total. The second-order valence-corrected chi connectivity index (χ2v) is 6.46. The normalized spacial score (nSPS) is 12.2. The van der Waals surface area contributed by atoms with E-state index in [9.17, 15) is 9.59 Å². The number of rotatable bonds is 7. The average molecular weight is 418 g/mol. The number of carbonyl (C=O) groups is 2. The van der Waals surface area contributed by atoms with Gasteiger partial charge >= 0.3 is 0 Å². The van der Waals surface area contributed by atoms with Gasteiger partial charge < -0.3 is 10.1 Å². The molecule has 0 aromatic heterocycles. The van der Waals surface area contributed by atoms with E-state index in [4.69, 9.17) is 4.74 Å². The number of carbonyl (C=O) groups excluding carboxylic acids is 2. The molecule has 26 heavy (non-hydrogen) atoms. The van der Waals surface area contributed by atoms with Crippen LogP contribution in [-0.4, -0.2) is 23.6 Å². The second-order valence-electron chi connectivity index (χ2n) is 5.60. The zero-order valence-electron chi connectivity index (χ0n) is 14.5. The molecule has 2 aromatic rings. The monoisotopic (exact) mass is 417 g/mol. The second kappa shape index (κ2) is 9.72. The maximum absolute atomic E-state index is 12.1. The lowest BCUT2D eigenvalue weighted by atomic mass is 10.2. The van der Waals surface area contributed by atoms with Crippen molar-refractivity contribution in [3.63, 3.8) is 0 Å². The van der Waals surface area contributed by atoms with Crippen LogP contribution in [0.2, 0.25) is 0 Å². The van der Waals surface area contributed by atoms with Crippen LogP contribution in [0.25, 0.3) is 0 Å². The van der Waals surface area contributed by atoms with Gasteiger partial charge in [0.15, 0.2) is 6.10 Å². The van der Waals surface area contributed by atoms with E-state index >= 15 is 0 Å². The Labute approximate surface area is 160 Å². The molecule has 0 saturated heterocycles. The number of hydrazone groups is 1. The van der Waals surface area contributed by atoms with Gasteiger partial charge in [0, 0.05) is 11.4 Å². The summed E-state index contributed by atoms with van der Waals surface area (Å²) < 4.78 is 6.35. The maximum Gasteiger partial charge on any atom is 0.280 e. The summed E-state index contributed by atoms with van der Waals surface area (Å²) in [6.07, 6.45) is -0.655. The van der Waals surface area contributed by atoms with Crippen molar-refractivity contribution in [3.05, 3.63) is 59.1 Å². The highest BCUT2D eigenvalue weighted by Crippen LogP contribution is 2.24. The van der Waals surface area contributed by atoms with Gasteiger partial charge in [-0.05, 0) is 54.0 Å². The fraction of sp³-hybridized carbons (Fsp3) is 0.211. The lowest BCUT2D eigenvalue weighted by molar-refractivity contribution is -0.127. The summed E-state index contributed by atoms with van der Waals surface area (Å²) in [5.41, 5.74) is 3.62. The molecule has 0 aliphatic carbocycles. The molecular formula is C19H20BrN3O3. The Morgan fingerprint density at radius 3 is 2.46 bits per heavy atom. The minimum absolute atomic E-state index is 0.0780. The van der Waals surface area contributed by atoms with Crippen molar-refractivity contribution < 1.29 is 14.3 Å². The minimum Gasteiger partial charge on any atom is -0.480 e. The van der Waals surface area contributed by atoms with Crippen molar-refractivity contribution in [2.24, 2.45) is 5.10 Å². The molecule has 0 aliphatic rings. The van der Waals surface area contributed by atoms with Crippen LogP contribution < -0.4 is 15.5 Å². The number of ether oxygens (including phenoxy) is 1. The number of para-hydroxylation sites is 2. The van der Waals surface area contributed by atoms with Crippen LogP contribution in [0.3, 0.4) is 0 Å². The van der Waals surface area contributed by atoms with Crippen LogP contribution in [0.5, 0.6) is 5.75 Å². The standard InChI is InChI=1S/C19H20BrN3O3/c1-13(12-18(24)21-15-8-4-3-5-9-15)22-23-19(25)14(2)26-17-11-7-6-10-16(17)20/h3-11,14H,12H2,1-2H3,(H,21,24)(H,23,25). The third kappa shape index (κ3) is 6.33. The van der Waals surface area contributed by atoms with Gasteiger partial charge in [-0.25, -0.2) is 5.43 Å². The van der Waals surface area contributed by atoms with E-state index in [0.717, 1.165) is 4.47 Å². The highest BCUT2D eigenvalue weighted by atomic mass is 79.9. The Hall–Kier alpha value is -2.67. The molecule has 0 radical (unpaired) electrons. The topological polar surface area (TPSA) is 79.8 Å². The van der Waals surface area contributed by atoms with Gasteiger partial charge in [-0.3, -0.25) is 9.59 Å². The molecule has 0 heterocycles. The third-order valence-electron chi connectivity index (χ3n) is 3.34. The molecule has 0 fully saturated rings. The molecule has 1 unspecified atom stereocenters. The first-order valence-corrected chi connectivity index (χ1v) is 8.84. The molecule has 2 rings (SSSR count). The number of hydrogen-bond donors (Lipinski definition) is 2. The minimum atomic E-state index is -0.733. The van der Waals surface area contributed by atoms with Crippen LogP contribution in [0, 0.1) is 0 Å². The predicted octanol–water partition coefficient (Wildman–Crippen LogP) is 3.74. The average Bonchev–Trinajstić information content (AvgIpc) is 2.62. The molecule has 0 aliphatic heterocycles. The number of hydrogen-bond acceptors (Lipinski definition) is 4. The van der Waals surface area contributed by atoms with E-state index in [0.29, 0.717) is 17.1 Å². The highest BCUT2D eigenvalue weighted by molar-refractivity contribution is 9.10. The zero-order valence-corrected chi connectivity index (χ0v) is 16.1. The summed E-state index contributed by atoms with van der Waals surface area (Å²) in [5, 5.41) is 6.72. The molecule has 0 spiro atoms. The van der Waals surface area contributed by atoms with Gasteiger partial charge in [-0.15, -0.1) is 0 Å². The number of amides is 2. The molecule has 1 atom stereocenters. The summed E-state index contributed by atoms with van der Waals surface area (Å²) >= 11 is 3.36. The van der Waals surface area contributed by atoms with Crippen LogP contribution in [0.15, 0.2) is 64.2 Å². The first-order valence-electron chi connectivity index (χ1n) is 8.05. The first-order chi connectivity index (χ1) is 12.5. The number of nitrogens with zero attached hydrogens (tertiary/aromatic N) is 1. The Morgan fingerprint density at radius 2 is 1.77 bits per heavy atom. The van der Waals surface area contributed by atoms with Gasteiger partial charge in [0.2, 0.25) is 5.91 Å². The van der Waals surface area contributed by atoms with Crippen molar-refractivity contribution in [2.75, 3.05) is 5.32 Å². The molecule has 0 bridgehead atoms. The fourth-order valence-electron chi connectivity index (χ4n) is 2.02. The number of nitrogens with one attached hydrogen (secondary N) is 2. The summed E-state index contributed by atoms with van der Waals surface area (Å²) in [4.78, 5) is 24.0. The molecule has 7 heteroatoms. The summed E-state index contributed by atoms with van der Waals surface area (Å²) in [6.45, 7) is 3.30. The van der Waals surface area contributed by atoms with Crippen molar-refractivity contribution in [2.45, 2.75) is 26.4 Å². The lowest BCUT2D eigenvalue weighted by Crippen LogP contribution is -2.34. The SMILES string of the molecule is CC(CC(=O)Nc1ccccc1)=NNC(=O)C(C)Oc1ccccc1Br. The van der Waals surface area contributed by atoms with Gasteiger partial charge in [0.05, 0.1) is 10.9 Å². The van der Waals surface area contributed by atoms with E-state index in [1.165, 1.54) is 0 Å². The van der Waals surface area contributed by atoms with Crippen molar-refractivity contribution >= 4 is 39.1 Å². The van der Waals surface area contributed by atoms with Crippen LogP contribution in [0.4, 0.5) is 5.69 Å². The summed E-state index contributed by atoms with van der Waals surface area (Å²) in [6, 6.07) is 16.4. The molecule has 2 amide bonds. The fourth-order valence-corrected chi connectivity index (χ4v) is 2.40. The van der Waals surface area contributed by atoms with Crippen molar-refractivity contribution in [1.82, 2.24) is 5.43 Å². The quantitative estimate of drug-likeness (QED) is 0.531.